The van der Waals surface area contributed by atoms with Gasteiger partial charge < -0.3 is 14.6 Å². The van der Waals surface area contributed by atoms with Gasteiger partial charge in [-0.05, 0) is 37.5 Å². The van der Waals surface area contributed by atoms with Crippen molar-refractivity contribution in [3.05, 3.63) is 60.1 Å². The van der Waals surface area contributed by atoms with Gasteiger partial charge in [-0.3, -0.25) is 9.36 Å². The predicted molar refractivity (Wildman–Crippen MR) is 120 cm³/mol. The summed E-state index contributed by atoms with van der Waals surface area (Å²) in [7, 11) is 0. The van der Waals surface area contributed by atoms with E-state index in [1.54, 1.807) is 19.1 Å². The first-order chi connectivity index (χ1) is 14.9. The van der Waals surface area contributed by atoms with Crippen LogP contribution in [0.1, 0.15) is 49.9 Å². The molecule has 2 heterocycles. The molecule has 8 nitrogen and oxygen atoms in total. The molecule has 0 saturated carbocycles. The van der Waals surface area contributed by atoms with E-state index >= 15 is 0 Å². The SMILES string of the molecule is C=CCn1c(SCC(=O)Nc2cc(C)on2)nnc1C(C)Oc1ccc(C(C)C)cc1. The Kier molecular flexibility index (Phi) is 7.51. The smallest absolute Gasteiger partial charge is 0.236 e. The van der Waals surface area contributed by atoms with E-state index in [1.807, 2.05) is 23.6 Å². The van der Waals surface area contributed by atoms with Crippen molar-refractivity contribution in [2.45, 2.75) is 51.4 Å². The van der Waals surface area contributed by atoms with E-state index in [4.69, 9.17) is 9.26 Å². The molecular weight excluding hydrogens is 414 g/mol. The Hall–Kier alpha value is -3.07. The van der Waals surface area contributed by atoms with Crippen molar-refractivity contribution in [1.82, 2.24) is 19.9 Å². The Balaban J connectivity index is 1.65. The summed E-state index contributed by atoms with van der Waals surface area (Å²) in [5, 5.41) is 15.6. The topological polar surface area (TPSA) is 95.1 Å². The van der Waals surface area contributed by atoms with Crippen molar-refractivity contribution in [3.63, 3.8) is 0 Å². The van der Waals surface area contributed by atoms with Gasteiger partial charge in [0.25, 0.3) is 0 Å². The molecule has 0 aliphatic rings. The fraction of sp³-hybridized carbons (Fsp3) is 0.364. The molecular formula is C22H27N5O3S. The fourth-order valence-corrected chi connectivity index (χ4v) is 3.69. The van der Waals surface area contributed by atoms with Gasteiger partial charge in [-0.25, -0.2) is 0 Å². The molecule has 0 spiro atoms. The Morgan fingerprint density at radius 1 is 1.29 bits per heavy atom. The molecule has 0 radical (unpaired) electrons. The summed E-state index contributed by atoms with van der Waals surface area (Å²) in [5.41, 5.74) is 1.26. The average Bonchev–Trinajstić information content (AvgIpc) is 3.33. The summed E-state index contributed by atoms with van der Waals surface area (Å²) < 4.78 is 12.9. The molecule has 3 aromatic rings. The van der Waals surface area contributed by atoms with Crippen LogP contribution in [0, 0.1) is 6.92 Å². The molecule has 164 valence electrons. The highest BCUT2D eigenvalue weighted by atomic mass is 32.2. The van der Waals surface area contributed by atoms with Crippen LogP contribution in [0.2, 0.25) is 0 Å². The first-order valence-electron chi connectivity index (χ1n) is 10.0. The number of hydrogen-bond acceptors (Lipinski definition) is 7. The predicted octanol–water partition coefficient (Wildman–Crippen LogP) is 4.75. The Morgan fingerprint density at radius 2 is 2.03 bits per heavy atom. The number of hydrogen-bond donors (Lipinski definition) is 1. The van der Waals surface area contributed by atoms with Crippen molar-refractivity contribution in [3.8, 4) is 5.75 Å². The molecule has 0 bridgehead atoms. The lowest BCUT2D eigenvalue weighted by Gasteiger charge is -2.16. The molecule has 1 N–H and O–H groups in total. The highest BCUT2D eigenvalue weighted by molar-refractivity contribution is 7.99. The van der Waals surface area contributed by atoms with E-state index in [2.05, 4.69) is 53.2 Å². The number of amides is 1. The minimum Gasteiger partial charge on any atom is -0.483 e. The third-order valence-electron chi connectivity index (χ3n) is 4.51. The zero-order valence-electron chi connectivity index (χ0n) is 18.2. The normalized spacial score (nSPS) is 12.0. The van der Waals surface area contributed by atoms with E-state index < -0.39 is 0 Å². The minimum atomic E-state index is -0.321. The molecule has 1 atom stereocenters. The van der Waals surface area contributed by atoms with E-state index in [9.17, 15) is 4.79 Å². The number of carbonyl (C=O) groups excluding carboxylic acids is 1. The van der Waals surface area contributed by atoms with E-state index in [0.717, 1.165) is 5.75 Å². The monoisotopic (exact) mass is 441 g/mol. The van der Waals surface area contributed by atoms with Crippen LogP contribution in [0.15, 0.2) is 52.7 Å². The fourth-order valence-electron chi connectivity index (χ4n) is 2.93. The van der Waals surface area contributed by atoms with Gasteiger partial charge in [0, 0.05) is 12.6 Å². The van der Waals surface area contributed by atoms with Crippen molar-refractivity contribution >= 4 is 23.5 Å². The third-order valence-corrected chi connectivity index (χ3v) is 5.47. The molecule has 0 saturated heterocycles. The molecule has 0 fully saturated rings. The maximum atomic E-state index is 12.2. The molecule has 1 aromatic carbocycles. The quantitative estimate of drug-likeness (QED) is 0.358. The molecule has 9 heteroatoms. The lowest BCUT2D eigenvalue weighted by Crippen LogP contribution is -2.15. The summed E-state index contributed by atoms with van der Waals surface area (Å²) in [6.07, 6.45) is 1.44. The number of benzene rings is 1. The number of aryl methyl sites for hydroxylation is 1. The van der Waals surface area contributed by atoms with E-state index in [0.29, 0.717) is 35.0 Å². The van der Waals surface area contributed by atoms with Gasteiger partial charge in [0.2, 0.25) is 5.91 Å². The van der Waals surface area contributed by atoms with Crippen molar-refractivity contribution in [2.75, 3.05) is 11.1 Å². The molecule has 2 aromatic heterocycles. The zero-order chi connectivity index (χ0) is 22.4. The third kappa shape index (κ3) is 5.97. The van der Waals surface area contributed by atoms with Crippen LogP contribution in [-0.2, 0) is 11.3 Å². The second-order valence-electron chi connectivity index (χ2n) is 7.38. The molecule has 31 heavy (non-hydrogen) atoms. The number of nitrogens with zero attached hydrogens (tertiary/aromatic N) is 4. The van der Waals surface area contributed by atoms with Gasteiger partial charge in [0.15, 0.2) is 22.9 Å². The van der Waals surface area contributed by atoms with Crippen LogP contribution in [0.4, 0.5) is 5.82 Å². The lowest BCUT2D eigenvalue weighted by atomic mass is 10.0. The molecule has 0 aliphatic carbocycles. The van der Waals surface area contributed by atoms with E-state index in [1.165, 1.54) is 17.3 Å². The van der Waals surface area contributed by atoms with Gasteiger partial charge in [-0.1, -0.05) is 49.0 Å². The largest absolute Gasteiger partial charge is 0.483 e. The van der Waals surface area contributed by atoms with Crippen LogP contribution < -0.4 is 10.1 Å². The summed E-state index contributed by atoms with van der Waals surface area (Å²) in [6.45, 7) is 12.3. The van der Waals surface area contributed by atoms with Crippen LogP contribution in [-0.4, -0.2) is 31.6 Å². The second-order valence-corrected chi connectivity index (χ2v) is 8.33. The number of rotatable bonds is 10. The van der Waals surface area contributed by atoms with Gasteiger partial charge in [0.05, 0.1) is 5.75 Å². The van der Waals surface area contributed by atoms with Crippen LogP contribution in [0.3, 0.4) is 0 Å². The number of ether oxygens (including phenoxy) is 1. The average molecular weight is 442 g/mol. The summed E-state index contributed by atoms with van der Waals surface area (Å²) in [4.78, 5) is 12.2. The Labute approximate surface area is 186 Å². The number of nitrogens with one attached hydrogen (secondary N) is 1. The first kappa shape index (κ1) is 22.6. The minimum absolute atomic E-state index is 0.160. The van der Waals surface area contributed by atoms with Gasteiger partial charge in [-0.2, -0.15) is 0 Å². The standard InChI is InChI=1S/C22H27N5O3S/c1-6-11-27-21(16(5)29-18-9-7-17(8-10-18)14(2)3)24-25-22(27)31-13-20(28)23-19-12-15(4)30-26-19/h6-10,12,14,16H,1,11,13H2,2-5H3,(H,23,26,28). The van der Waals surface area contributed by atoms with Crippen LogP contribution >= 0.6 is 11.8 Å². The van der Waals surface area contributed by atoms with Crippen molar-refractivity contribution in [1.29, 1.82) is 0 Å². The number of allylic oxidation sites excluding steroid dienone is 1. The summed E-state index contributed by atoms with van der Waals surface area (Å²) >= 11 is 1.29. The zero-order valence-corrected chi connectivity index (χ0v) is 19.0. The maximum Gasteiger partial charge on any atom is 0.236 e. The summed E-state index contributed by atoms with van der Waals surface area (Å²) in [6, 6.07) is 9.72. The molecule has 0 aliphatic heterocycles. The highest BCUT2D eigenvalue weighted by Crippen LogP contribution is 2.26. The highest BCUT2D eigenvalue weighted by Gasteiger charge is 2.20. The Morgan fingerprint density at radius 3 is 2.65 bits per heavy atom. The van der Waals surface area contributed by atoms with Crippen molar-refractivity contribution < 1.29 is 14.1 Å². The van der Waals surface area contributed by atoms with E-state index in [-0.39, 0.29) is 17.8 Å². The number of carbonyl (C=O) groups is 1. The van der Waals surface area contributed by atoms with Gasteiger partial charge in [0.1, 0.15) is 11.5 Å². The molecule has 1 unspecified atom stereocenters. The number of anilines is 1. The van der Waals surface area contributed by atoms with Gasteiger partial charge in [-0.15, -0.1) is 16.8 Å². The molecule has 3 rings (SSSR count). The maximum absolute atomic E-state index is 12.2. The van der Waals surface area contributed by atoms with Gasteiger partial charge >= 0.3 is 0 Å². The number of aromatic nitrogens is 4. The second kappa shape index (κ2) is 10.3. The Bertz CT molecular complexity index is 1030. The lowest BCUT2D eigenvalue weighted by molar-refractivity contribution is -0.113. The van der Waals surface area contributed by atoms with Crippen LogP contribution in [0.25, 0.3) is 0 Å². The molecule has 1 amide bonds. The van der Waals surface area contributed by atoms with Crippen molar-refractivity contribution in [2.24, 2.45) is 0 Å². The number of thioether (sulfide) groups is 1. The first-order valence-corrected chi connectivity index (χ1v) is 11.0. The summed E-state index contributed by atoms with van der Waals surface area (Å²) in [5.74, 6) is 2.87. The van der Waals surface area contributed by atoms with Crippen LogP contribution in [0.5, 0.6) is 5.75 Å².